The maximum absolute atomic E-state index is 12.7. The fourth-order valence-corrected chi connectivity index (χ4v) is 5.52. The zero-order valence-corrected chi connectivity index (χ0v) is 18.7. The smallest absolute Gasteiger partial charge is 0.237 e. The fourth-order valence-electron chi connectivity index (χ4n) is 3.24. The van der Waals surface area contributed by atoms with Crippen molar-refractivity contribution in [2.24, 2.45) is 0 Å². The first-order chi connectivity index (χ1) is 14.3. The van der Waals surface area contributed by atoms with E-state index in [0.29, 0.717) is 25.1 Å². The van der Waals surface area contributed by atoms with Crippen LogP contribution >= 0.6 is 11.8 Å². The van der Waals surface area contributed by atoms with Gasteiger partial charge in [0.25, 0.3) is 0 Å². The number of carbonyl (C=O) groups is 2. The van der Waals surface area contributed by atoms with Crippen molar-refractivity contribution < 1.29 is 18.0 Å². The second-order valence-corrected chi connectivity index (χ2v) is 10.7. The van der Waals surface area contributed by atoms with E-state index >= 15 is 0 Å². The monoisotopic (exact) mass is 446 g/mol. The van der Waals surface area contributed by atoms with E-state index in [9.17, 15) is 18.0 Å². The van der Waals surface area contributed by atoms with Crippen molar-refractivity contribution in [3.8, 4) is 0 Å². The molecule has 0 fully saturated rings. The Kier molecular flexibility index (Phi) is 7.20. The first-order valence-corrected chi connectivity index (χ1v) is 12.5. The Bertz CT molecular complexity index is 1050. The van der Waals surface area contributed by atoms with Gasteiger partial charge in [-0.05, 0) is 43.5 Å². The summed E-state index contributed by atoms with van der Waals surface area (Å²) >= 11 is 1.44. The van der Waals surface area contributed by atoms with Gasteiger partial charge in [0.15, 0.2) is 9.84 Å². The third kappa shape index (κ3) is 5.64. The van der Waals surface area contributed by atoms with E-state index in [1.54, 1.807) is 12.1 Å². The van der Waals surface area contributed by atoms with Gasteiger partial charge >= 0.3 is 0 Å². The minimum atomic E-state index is -3.63. The molecule has 160 valence electrons. The molecule has 0 unspecified atom stereocenters. The average Bonchev–Trinajstić information content (AvgIpc) is 2.71. The zero-order valence-electron chi connectivity index (χ0n) is 17.1. The fraction of sp³-hybridized carbons (Fsp3) is 0.364. The van der Waals surface area contributed by atoms with Gasteiger partial charge in [-0.15, -0.1) is 11.8 Å². The summed E-state index contributed by atoms with van der Waals surface area (Å²) < 4.78 is 25.3. The number of amides is 2. The highest BCUT2D eigenvalue weighted by Crippen LogP contribution is 2.38. The van der Waals surface area contributed by atoms with E-state index < -0.39 is 9.84 Å². The van der Waals surface area contributed by atoms with Crippen LogP contribution in [0.3, 0.4) is 0 Å². The topological polar surface area (TPSA) is 92.3 Å². The minimum Gasteiger partial charge on any atom is -0.356 e. The Morgan fingerprint density at radius 1 is 1.20 bits per heavy atom. The highest BCUT2D eigenvalue weighted by atomic mass is 32.2. The highest BCUT2D eigenvalue weighted by Gasteiger charge is 2.27. The molecule has 0 aliphatic carbocycles. The number of sulfone groups is 1. The van der Waals surface area contributed by atoms with Crippen molar-refractivity contribution >= 4 is 39.1 Å². The van der Waals surface area contributed by atoms with Crippen LogP contribution in [-0.4, -0.2) is 37.8 Å². The van der Waals surface area contributed by atoms with Crippen LogP contribution in [0.25, 0.3) is 0 Å². The van der Waals surface area contributed by atoms with Gasteiger partial charge in [0.05, 0.1) is 21.6 Å². The first kappa shape index (κ1) is 22.4. The number of hydrogen-bond acceptors (Lipinski definition) is 5. The number of nitrogens with one attached hydrogen (secondary N) is 2. The van der Waals surface area contributed by atoms with Crippen LogP contribution < -0.4 is 10.6 Å². The van der Waals surface area contributed by atoms with Crippen molar-refractivity contribution in [1.82, 2.24) is 5.32 Å². The minimum absolute atomic E-state index is 0.105. The van der Waals surface area contributed by atoms with Gasteiger partial charge in [0.2, 0.25) is 11.8 Å². The summed E-state index contributed by atoms with van der Waals surface area (Å²) in [6, 6.07) is 12.8. The Balaban J connectivity index is 1.54. The van der Waals surface area contributed by atoms with Gasteiger partial charge in [-0.1, -0.05) is 36.8 Å². The van der Waals surface area contributed by atoms with Crippen molar-refractivity contribution in [1.29, 1.82) is 0 Å². The second kappa shape index (κ2) is 9.66. The molecule has 1 aliphatic heterocycles. The van der Waals surface area contributed by atoms with Crippen LogP contribution in [0.4, 0.5) is 5.69 Å². The Morgan fingerprint density at radius 2 is 2.00 bits per heavy atom. The van der Waals surface area contributed by atoms with Crippen LogP contribution in [0, 0.1) is 6.92 Å². The van der Waals surface area contributed by atoms with Crippen molar-refractivity contribution in [3.63, 3.8) is 0 Å². The molecular weight excluding hydrogens is 420 g/mol. The number of anilines is 1. The molecule has 0 saturated carbocycles. The molecular formula is C22H26N2O4S2. The summed E-state index contributed by atoms with van der Waals surface area (Å²) in [5.74, 6) is -0.683. The van der Waals surface area contributed by atoms with E-state index in [0.717, 1.165) is 16.0 Å². The summed E-state index contributed by atoms with van der Waals surface area (Å²) in [6.07, 6.45) is 1.29. The lowest BCUT2D eigenvalue weighted by atomic mass is 10.1. The van der Waals surface area contributed by atoms with E-state index in [1.807, 2.05) is 32.0 Å². The summed E-state index contributed by atoms with van der Waals surface area (Å²) in [7, 11) is -3.63. The van der Waals surface area contributed by atoms with Crippen LogP contribution in [0.15, 0.2) is 52.3 Å². The van der Waals surface area contributed by atoms with Crippen LogP contribution in [0.1, 0.15) is 30.9 Å². The molecule has 2 aromatic carbocycles. The molecule has 0 spiro atoms. The molecule has 2 N–H and O–H groups in total. The lowest BCUT2D eigenvalue weighted by Crippen LogP contribution is -2.29. The molecule has 8 heteroatoms. The number of carbonyl (C=O) groups excluding carboxylic acids is 2. The molecule has 2 amide bonds. The van der Waals surface area contributed by atoms with Gasteiger partial charge in [-0.25, -0.2) is 8.42 Å². The predicted octanol–water partition coefficient (Wildman–Crippen LogP) is 3.34. The maximum atomic E-state index is 12.7. The molecule has 0 saturated heterocycles. The average molecular weight is 447 g/mol. The van der Waals surface area contributed by atoms with E-state index in [1.165, 1.54) is 17.8 Å². The number of thioether (sulfide) groups is 1. The lowest BCUT2D eigenvalue weighted by molar-refractivity contribution is -0.120. The second-order valence-electron chi connectivity index (χ2n) is 7.32. The Morgan fingerprint density at radius 3 is 2.73 bits per heavy atom. The van der Waals surface area contributed by atoms with E-state index in [2.05, 4.69) is 16.7 Å². The quantitative estimate of drug-likeness (QED) is 0.649. The molecule has 1 atom stereocenters. The van der Waals surface area contributed by atoms with Gasteiger partial charge in [-0.2, -0.15) is 0 Å². The van der Waals surface area contributed by atoms with Crippen LogP contribution in [0.2, 0.25) is 0 Å². The molecule has 0 bridgehead atoms. The van der Waals surface area contributed by atoms with E-state index in [-0.39, 0.29) is 34.1 Å². The first-order valence-electron chi connectivity index (χ1n) is 9.95. The molecule has 2 aromatic rings. The van der Waals surface area contributed by atoms with Gasteiger partial charge < -0.3 is 10.6 Å². The summed E-state index contributed by atoms with van der Waals surface area (Å²) in [5.41, 5.74) is 2.80. The molecule has 30 heavy (non-hydrogen) atoms. The largest absolute Gasteiger partial charge is 0.356 e. The highest BCUT2D eigenvalue weighted by molar-refractivity contribution is 8.01. The van der Waals surface area contributed by atoms with Crippen LogP contribution in [0.5, 0.6) is 0 Å². The van der Waals surface area contributed by atoms with Crippen molar-refractivity contribution in [2.45, 2.75) is 48.2 Å². The third-order valence-corrected chi connectivity index (χ3v) is 8.07. The molecule has 3 rings (SSSR count). The molecule has 1 heterocycles. The van der Waals surface area contributed by atoms with Crippen molar-refractivity contribution in [3.05, 3.63) is 53.6 Å². The van der Waals surface area contributed by atoms with Gasteiger partial charge in [0.1, 0.15) is 0 Å². The van der Waals surface area contributed by atoms with Crippen LogP contribution in [-0.2, 0) is 25.8 Å². The summed E-state index contributed by atoms with van der Waals surface area (Å²) in [6.45, 7) is 4.41. The Labute approximate surface area is 181 Å². The number of hydrogen-bond donors (Lipinski definition) is 2. The zero-order chi connectivity index (χ0) is 21.7. The van der Waals surface area contributed by atoms with E-state index in [4.69, 9.17) is 0 Å². The molecule has 1 aliphatic rings. The number of aryl methyl sites for hydroxylation is 1. The summed E-state index contributed by atoms with van der Waals surface area (Å²) in [5, 5.41) is 5.40. The number of rotatable bonds is 8. The maximum Gasteiger partial charge on any atom is 0.237 e. The summed E-state index contributed by atoms with van der Waals surface area (Å²) in [4.78, 5) is 25.1. The number of benzene rings is 2. The normalized spacial score (nSPS) is 15.9. The molecule has 0 aromatic heterocycles. The molecule has 0 radical (unpaired) electrons. The SMILES string of the molecule is CC[C@@H]1Sc2ccc(S(=O)(=O)CCC(=O)NCCc3cccc(C)c3)cc2NC1=O. The molecule has 6 nitrogen and oxygen atoms in total. The van der Waals surface area contributed by atoms with Gasteiger partial charge in [0, 0.05) is 17.9 Å². The predicted molar refractivity (Wildman–Crippen MR) is 120 cm³/mol. The lowest BCUT2D eigenvalue weighted by Gasteiger charge is -2.23. The Hall–Kier alpha value is -2.32. The van der Waals surface area contributed by atoms with Crippen molar-refractivity contribution in [2.75, 3.05) is 17.6 Å². The van der Waals surface area contributed by atoms with Gasteiger partial charge in [-0.3, -0.25) is 9.59 Å². The number of fused-ring (bicyclic) bond motifs is 1. The third-order valence-electron chi connectivity index (χ3n) is 4.92. The standard InChI is InChI=1S/C22H26N2O4S2/c1-3-19-22(26)24-18-14-17(7-8-20(18)29-19)30(27,28)12-10-21(25)23-11-9-16-6-4-5-15(2)13-16/h4-8,13-14,19H,3,9-12H2,1-2H3,(H,23,25)(H,24,26)/t19-/m0/s1.